The van der Waals surface area contributed by atoms with Crippen molar-refractivity contribution < 1.29 is 14.0 Å². The number of aryl methyl sites for hydroxylation is 1. The highest BCUT2D eigenvalue weighted by atomic mass is 35.5. The fourth-order valence-corrected chi connectivity index (χ4v) is 6.00. The summed E-state index contributed by atoms with van der Waals surface area (Å²) in [6, 6.07) is 9.35. The van der Waals surface area contributed by atoms with Crippen LogP contribution in [-0.4, -0.2) is 39.4 Å². The number of hydrogen-bond donors (Lipinski definition) is 2. The zero-order chi connectivity index (χ0) is 32.6. The average Bonchev–Trinajstić information content (AvgIpc) is 3.29. The first-order valence-corrected chi connectivity index (χ1v) is 16.0. The molecule has 1 fully saturated rings. The summed E-state index contributed by atoms with van der Waals surface area (Å²) >= 11 is 19.4. The molecule has 12 heteroatoms. The van der Waals surface area contributed by atoms with E-state index in [9.17, 15) is 14.0 Å². The Balaban J connectivity index is 1.50. The van der Waals surface area contributed by atoms with Gasteiger partial charge in [-0.2, -0.15) is 0 Å². The highest BCUT2D eigenvalue weighted by Crippen LogP contribution is 2.33. The molecule has 0 spiro atoms. The van der Waals surface area contributed by atoms with Gasteiger partial charge in [0.25, 0.3) is 5.91 Å². The maximum atomic E-state index is 13.7. The van der Waals surface area contributed by atoms with Crippen LogP contribution in [0.3, 0.4) is 0 Å². The molecular formula is C33H36Cl3FN6O2. The second-order valence-corrected chi connectivity index (χ2v) is 13.8. The Bertz CT molecular complexity index is 1780. The number of carbonyl (C=O) groups excluding carboxylic acids is 2. The van der Waals surface area contributed by atoms with Crippen LogP contribution >= 0.6 is 34.8 Å². The molecule has 238 valence electrons. The summed E-state index contributed by atoms with van der Waals surface area (Å²) < 4.78 is 15.6. The number of nitrogens with zero attached hydrogens (tertiary/aromatic N) is 4. The van der Waals surface area contributed by atoms with Gasteiger partial charge in [-0.3, -0.25) is 9.59 Å². The van der Waals surface area contributed by atoms with Crippen LogP contribution in [0.1, 0.15) is 67.8 Å². The van der Waals surface area contributed by atoms with Crippen LogP contribution in [0.2, 0.25) is 15.1 Å². The van der Waals surface area contributed by atoms with Crippen molar-refractivity contribution in [1.29, 1.82) is 0 Å². The SMILES string of the molecule is CC1CCN(c2nc3c(cc2C(=O)Nc2ccc(F)c(Cl)c2)nc(Cc2c(Cl)ccc(CNC(=O)C(C)(C)C)c2Cl)n3C)CC1. The van der Waals surface area contributed by atoms with Gasteiger partial charge in [-0.15, -0.1) is 0 Å². The number of fused-ring (bicyclic) bond motifs is 1. The third-order valence-corrected chi connectivity index (χ3v) is 9.26. The van der Waals surface area contributed by atoms with Gasteiger partial charge in [0.1, 0.15) is 23.0 Å². The molecule has 0 aliphatic carbocycles. The van der Waals surface area contributed by atoms with Crippen LogP contribution in [0.4, 0.5) is 15.9 Å². The standard InChI is InChI=1S/C33H36Cl3FN6O2/c1-18-10-12-43(13-11-18)29-22(31(44)39-20-7-9-25(37)24(35)14-20)15-26-30(41-29)42(5)27(40-26)16-21-23(34)8-6-19(28(21)36)17-38-32(45)33(2,3)4/h6-9,14-15,18H,10-13,16-17H2,1-5H3,(H,38,45)(H,39,44). The lowest BCUT2D eigenvalue weighted by atomic mass is 9.95. The molecule has 2 N–H and O–H groups in total. The van der Waals surface area contributed by atoms with Gasteiger partial charge in [-0.1, -0.05) is 68.6 Å². The first-order chi connectivity index (χ1) is 21.2. The minimum absolute atomic E-state index is 0.0843. The molecule has 2 amide bonds. The molecule has 0 bridgehead atoms. The molecule has 4 aromatic rings. The highest BCUT2D eigenvalue weighted by molar-refractivity contribution is 6.36. The Labute approximate surface area is 277 Å². The number of nitrogens with one attached hydrogen (secondary N) is 2. The van der Waals surface area contributed by atoms with Crippen molar-refractivity contribution in [2.75, 3.05) is 23.3 Å². The molecule has 2 aromatic heterocycles. The fraction of sp³-hybridized carbons (Fsp3) is 0.394. The van der Waals surface area contributed by atoms with Gasteiger partial charge >= 0.3 is 0 Å². The molecule has 0 atom stereocenters. The van der Waals surface area contributed by atoms with E-state index in [0.717, 1.165) is 31.5 Å². The molecule has 45 heavy (non-hydrogen) atoms. The van der Waals surface area contributed by atoms with E-state index in [1.165, 1.54) is 18.2 Å². The molecule has 0 radical (unpaired) electrons. The number of pyridine rings is 1. The van der Waals surface area contributed by atoms with Gasteiger partial charge in [-0.05, 0) is 60.2 Å². The first-order valence-electron chi connectivity index (χ1n) is 14.8. The summed E-state index contributed by atoms with van der Waals surface area (Å²) in [5.74, 6) is 0.739. The van der Waals surface area contributed by atoms with Crippen LogP contribution in [0.15, 0.2) is 36.4 Å². The molecule has 3 heterocycles. The molecule has 1 saturated heterocycles. The third-order valence-electron chi connectivity index (χ3n) is 8.14. The van der Waals surface area contributed by atoms with Gasteiger partial charge in [-0.25, -0.2) is 14.4 Å². The second kappa shape index (κ2) is 13.1. The zero-order valence-electron chi connectivity index (χ0n) is 25.9. The predicted octanol–water partition coefficient (Wildman–Crippen LogP) is 7.81. The van der Waals surface area contributed by atoms with E-state index in [0.29, 0.717) is 62.0 Å². The third kappa shape index (κ3) is 7.21. The second-order valence-electron chi connectivity index (χ2n) is 12.7. The van der Waals surface area contributed by atoms with Crippen molar-refractivity contribution in [3.05, 3.63) is 79.8 Å². The summed E-state index contributed by atoms with van der Waals surface area (Å²) in [5.41, 5.74) is 2.76. The van der Waals surface area contributed by atoms with Crippen molar-refractivity contribution in [3.63, 3.8) is 0 Å². The largest absolute Gasteiger partial charge is 0.356 e. The number of hydrogen-bond acceptors (Lipinski definition) is 5. The number of piperidine rings is 1. The lowest BCUT2D eigenvalue weighted by molar-refractivity contribution is -0.128. The van der Waals surface area contributed by atoms with E-state index in [2.05, 4.69) is 22.5 Å². The smallest absolute Gasteiger partial charge is 0.259 e. The van der Waals surface area contributed by atoms with E-state index in [-0.39, 0.29) is 17.5 Å². The Morgan fingerprint density at radius 3 is 2.40 bits per heavy atom. The Hall–Kier alpha value is -3.40. The maximum Gasteiger partial charge on any atom is 0.259 e. The van der Waals surface area contributed by atoms with Gasteiger partial charge in [0.15, 0.2) is 5.65 Å². The topological polar surface area (TPSA) is 92.2 Å². The zero-order valence-corrected chi connectivity index (χ0v) is 28.2. The molecule has 1 aliphatic heterocycles. The minimum Gasteiger partial charge on any atom is -0.356 e. The van der Waals surface area contributed by atoms with E-state index >= 15 is 0 Å². The van der Waals surface area contributed by atoms with E-state index in [1.807, 2.05) is 32.4 Å². The maximum absolute atomic E-state index is 13.7. The van der Waals surface area contributed by atoms with Gasteiger partial charge in [0.05, 0.1) is 15.6 Å². The number of anilines is 2. The summed E-state index contributed by atoms with van der Waals surface area (Å²) in [7, 11) is 1.87. The molecule has 0 unspecified atom stereocenters. The van der Waals surface area contributed by atoms with Crippen molar-refractivity contribution in [3.8, 4) is 0 Å². The number of imidazole rings is 1. The van der Waals surface area contributed by atoms with Crippen molar-refractivity contribution in [1.82, 2.24) is 19.9 Å². The summed E-state index contributed by atoms with van der Waals surface area (Å²) in [4.78, 5) is 38.0. The van der Waals surface area contributed by atoms with Crippen LogP contribution in [0.5, 0.6) is 0 Å². The Morgan fingerprint density at radius 2 is 1.73 bits per heavy atom. The van der Waals surface area contributed by atoms with Crippen LogP contribution in [-0.2, 0) is 24.8 Å². The van der Waals surface area contributed by atoms with E-state index in [1.54, 1.807) is 18.2 Å². The normalized spacial score (nSPS) is 14.2. The monoisotopic (exact) mass is 672 g/mol. The van der Waals surface area contributed by atoms with Gasteiger partial charge in [0, 0.05) is 49.2 Å². The number of aromatic nitrogens is 3. The van der Waals surface area contributed by atoms with Gasteiger partial charge in [0.2, 0.25) is 5.91 Å². The lowest BCUT2D eigenvalue weighted by Gasteiger charge is -2.32. The number of amides is 2. The summed E-state index contributed by atoms with van der Waals surface area (Å²) in [6.07, 6.45) is 2.26. The van der Waals surface area contributed by atoms with Crippen LogP contribution < -0.4 is 15.5 Å². The Kier molecular flexibility index (Phi) is 9.63. The molecule has 2 aromatic carbocycles. The predicted molar refractivity (Wildman–Crippen MR) is 179 cm³/mol. The summed E-state index contributed by atoms with van der Waals surface area (Å²) in [5, 5.41) is 6.62. The Morgan fingerprint density at radius 1 is 1.02 bits per heavy atom. The van der Waals surface area contributed by atoms with Crippen LogP contribution in [0.25, 0.3) is 11.2 Å². The number of benzene rings is 2. The lowest BCUT2D eigenvalue weighted by Crippen LogP contribution is -2.35. The highest BCUT2D eigenvalue weighted by Gasteiger charge is 2.26. The number of rotatable bonds is 7. The van der Waals surface area contributed by atoms with Crippen molar-refractivity contribution in [2.45, 2.75) is 53.5 Å². The fourth-order valence-electron chi connectivity index (χ4n) is 5.25. The number of carbonyl (C=O) groups is 2. The van der Waals surface area contributed by atoms with Crippen LogP contribution in [0, 0.1) is 17.2 Å². The van der Waals surface area contributed by atoms with E-state index in [4.69, 9.17) is 44.8 Å². The summed E-state index contributed by atoms with van der Waals surface area (Å²) in [6.45, 7) is 9.55. The average molecular weight is 674 g/mol. The molecule has 1 aliphatic rings. The molecule has 8 nitrogen and oxygen atoms in total. The van der Waals surface area contributed by atoms with Crippen molar-refractivity contribution in [2.24, 2.45) is 18.4 Å². The van der Waals surface area contributed by atoms with Crippen molar-refractivity contribution >= 4 is 69.3 Å². The number of halogens is 4. The molecule has 5 rings (SSSR count). The molecule has 0 saturated carbocycles. The van der Waals surface area contributed by atoms with Gasteiger partial charge < -0.3 is 20.1 Å². The first kappa shape index (κ1) is 33.0. The quantitative estimate of drug-likeness (QED) is 0.209. The minimum atomic E-state index is -0.567. The van der Waals surface area contributed by atoms with E-state index < -0.39 is 17.1 Å². The molecular weight excluding hydrogens is 638 g/mol.